The van der Waals surface area contributed by atoms with Gasteiger partial charge in [0.15, 0.2) is 0 Å². The fourth-order valence-corrected chi connectivity index (χ4v) is 2.69. The van der Waals surface area contributed by atoms with E-state index in [1.165, 1.54) is 7.11 Å². The highest BCUT2D eigenvalue weighted by atomic mass is 16.6. The molecule has 6 nitrogen and oxygen atoms in total. The van der Waals surface area contributed by atoms with E-state index < -0.39 is 5.60 Å². The zero-order valence-electron chi connectivity index (χ0n) is 15.3. The number of hydrogen-bond acceptors (Lipinski definition) is 5. The van der Waals surface area contributed by atoms with E-state index in [2.05, 4.69) is 5.32 Å². The van der Waals surface area contributed by atoms with Gasteiger partial charge < -0.3 is 19.7 Å². The summed E-state index contributed by atoms with van der Waals surface area (Å²) in [4.78, 5) is 25.8. The second-order valence-corrected chi connectivity index (χ2v) is 7.51. The van der Waals surface area contributed by atoms with Crippen LogP contribution in [0.2, 0.25) is 0 Å². The number of amides is 1. The number of esters is 1. The lowest BCUT2D eigenvalue weighted by Crippen LogP contribution is -2.47. The normalized spacial score (nSPS) is 20.8. The van der Waals surface area contributed by atoms with E-state index in [0.29, 0.717) is 13.1 Å². The molecular weight excluding hydrogens is 296 g/mol. The third-order valence-corrected chi connectivity index (χ3v) is 3.92. The molecule has 0 spiro atoms. The number of nitrogens with zero attached hydrogens (tertiary/aromatic N) is 1. The van der Waals surface area contributed by atoms with E-state index in [-0.39, 0.29) is 30.1 Å². The highest BCUT2D eigenvalue weighted by Gasteiger charge is 2.29. The van der Waals surface area contributed by atoms with Crippen LogP contribution in [0.3, 0.4) is 0 Å². The van der Waals surface area contributed by atoms with Crippen LogP contribution in [0.25, 0.3) is 0 Å². The smallest absolute Gasteiger partial charge is 0.410 e. The summed E-state index contributed by atoms with van der Waals surface area (Å²) in [5.41, 5.74) is -0.478. The van der Waals surface area contributed by atoms with Gasteiger partial charge in [0.2, 0.25) is 0 Å². The molecule has 23 heavy (non-hydrogen) atoms. The van der Waals surface area contributed by atoms with Crippen molar-refractivity contribution in [3.63, 3.8) is 0 Å². The SMILES string of the molecule is COC(=O)[C@@H](NC1CCCN(C(=O)OC(C)(C)C)CC1)C(C)C. The molecule has 1 aliphatic rings. The summed E-state index contributed by atoms with van der Waals surface area (Å²) in [6.45, 7) is 10.9. The maximum absolute atomic E-state index is 12.2. The number of methoxy groups -OCH3 is 1. The second-order valence-electron chi connectivity index (χ2n) is 7.51. The Morgan fingerprint density at radius 3 is 2.35 bits per heavy atom. The zero-order valence-corrected chi connectivity index (χ0v) is 15.3. The monoisotopic (exact) mass is 328 g/mol. The molecule has 1 saturated heterocycles. The van der Waals surface area contributed by atoms with Gasteiger partial charge in [0.25, 0.3) is 0 Å². The summed E-state index contributed by atoms with van der Waals surface area (Å²) >= 11 is 0. The van der Waals surface area contributed by atoms with Gasteiger partial charge in [-0.1, -0.05) is 13.8 Å². The van der Waals surface area contributed by atoms with E-state index in [1.807, 2.05) is 34.6 Å². The molecule has 0 aromatic carbocycles. The fourth-order valence-electron chi connectivity index (χ4n) is 2.69. The van der Waals surface area contributed by atoms with Gasteiger partial charge >= 0.3 is 12.1 Å². The van der Waals surface area contributed by atoms with Gasteiger partial charge in [0.1, 0.15) is 11.6 Å². The van der Waals surface area contributed by atoms with Gasteiger partial charge in [-0.3, -0.25) is 4.79 Å². The van der Waals surface area contributed by atoms with Crippen LogP contribution in [-0.4, -0.2) is 54.8 Å². The van der Waals surface area contributed by atoms with Crippen LogP contribution in [0.1, 0.15) is 53.9 Å². The first-order valence-corrected chi connectivity index (χ1v) is 8.46. The number of carbonyl (C=O) groups excluding carboxylic acids is 2. The molecule has 134 valence electrons. The van der Waals surface area contributed by atoms with Gasteiger partial charge in [0.05, 0.1) is 7.11 Å². The molecule has 0 bridgehead atoms. The maximum Gasteiger partial charge on any atom is 0.410 e. The van der Waals surface area contributed by atoms with Crippen molar-refractivity contribution in [2.24, 2.45) is 5.92 Å². The summed E-state index contributed by atoms with van der Waals surface area (Å²) in [5, 5.41) is 3.40. The third kappa shape index (κ3) is 6.77. The Bertz CT molecular complexity index is 404. The minimum absolute atomic E-state index is 0.160. The summed E-state index contributed by atoms with van der Waals surface area (Å²) in [5.74, 6) is -0.0686. The molecular formula is C17H32N2O4. The standard InChI is InChI=1S/C17H32N2O4/c1-12(2)14(15(20)22-6)18-13-8-7-10-19(11-9-13)16(21)23-17(3,4)5/h12-14,18H,7-11H2,1-6H3/t13?,14-/m0/s1. The number of likely N-dealkylation sites (tertiary alicyclic amines) is 1. The van der Waals surface area contributed by atoms with Crippen molar-refractivity contribution in [2.45, 2.75) is 71.6 Å². The minimum Gasteiger partial charge on any atom is -0.468 e. The third-order valence-electron chi connectivity index (χ3n) is 3.92. The summed E-state index contributed by atoms with van der Waals surface area (Å²) < 4.78 is 10.3. The van der Waals surface area contributed by atoms with Crippen molar-refractivity contribution < 1.29 is 19.1 Å². The van der Waals surface area contributed by atoms with Gasteiger partial charge in [-0.15, -0.1) is 0 Å². The van der Waals surface area contributed by atoms with Crippen LogP contribution in [0, 0.1) is 5.92 Å². The van der Waals surface area contributed by atoms with Gasteiger partial charge in [-0.05, 0) is 46.0 Å². The van der Waals surface area contributed by atoms with Crippen LogP contribution in [0.5, 0.6) is 0 Å². The zero-order chi connectivity index (χ0) is 17.6. The lowest BCUT2D eigenvalue weighted by molar-refractivity contribution is -0.144. The first-order valence-electron chi connectivity index (χ1n) is 8.46. The maximum atomic E-state index is 12.2. The Kier molecular flexibility index (Phi) is 7.32. The van der Waals surface area contributed by atoms with E-state index in [0.717, 1.165) is 19.3 Å². The molecule has 1 N–H and O–H groups in total. The predicted octanol–water partition coefficient (Wildman–Crippen LogP) is 2.56. The molecule has 1 aliphatic heterocycles. The molecule has 1 fully saturated rings. The van der Waals surface area contributed by atoms with E-state index in [9.17, 15) is 9.59 Å². The van der Waals surface area contributed by atoms with Crippen molar-refractivity contribution in [3.05, 3.63) is 0 Å². The first kappa shape index (κ1) is 19.7. The summed E-state index contributed by atoms with van der Waals surface area (Å²) in [7, 11) is 1.41. The van der Waals surface area contributed by atoms with Crippen molar-refractivity contribution in [2.75, 3.05) is 20.2 Å². The Morgan fingerprint density at radius 1 is 1.17 bits per heavy atom. The molecule has 0 saturated carbocycles. The van der Waals surface area contributed by atoms with Gasteiger partial charge in [-0.25, -0.2) is 4.79 Å². The highest BCUT2D eigenvalue weighted by molar-refractivity contribution is 5.76. The van der Waals surface area contributed by atoms with Crippen molar-refractivity contribution in [1.29, 1.82) is 0 Å². The first-order chi connectivity index (χ1) is 10.6. The van der Waals surface area contributed by atoms with E-state index >= 15 is 0 Å². The molecule has 1 unspecified atom stereocenters. The number of rotatable bonds is 4. The predicted molar refractivity (Wildman–Crippen MR) is 89.2 cm³/mol. The summed E-state index contributed by atoms with van der Waals surface area (Å²) in [6.07, 6.45) is 2.37. The second kappa shape index (κ2) is 8.52. The van der Waals surface area contributed by atoms with E-state index in [1.54, 1.807) is 4.90 Å². The Labute approximate surface area is 139 Å². The van der Waals surface area contributed by atoms with Crippen LogP contribution >= 0.6 is 0 Å². The summed E-state index contributed by atoms with van der Waals surface area (Å²) in [6, 6.07) is -0.105. The number of hydrogen-bond donors (Lipinski definition) is 1. The molecule has 0 radical (unpaired) electrons. The number of ether oxygens (including phenoxy) is 2. The minimum atomic E-state index is -0.478. The molecule has 6 heteroatoms. The quantitative estimate of drug-likeness (QED) is 0.803. The molecule has 1 rings (SSSR count). The van der Waals surface area contributed by atoms with Crippen LogP contribution in [0.4, 0.5) is 4.79 Å². The average Bonchev–Trinajstić information content (AvgIpc) is 2.67. The van der Waals surface area contributed by atoms with Crippen LogP contribution in [-0.2, 0) is 14.3 Å². The largest absolute Gasteiger partial charge is 0.468 e. The van der Waals surface area contributed by atoms with Gasteiger partial charge in [-0.2, -0.15) is 0 Å². The average molecular weight is 328 g/mol. The highest BCUT2D eigenvalue weighted by Crippen LogP contribution is 2.17. The number of nitrogens with one attached hydrogen (secondary N) is 1. The Hall–Kier alpha value is -1.30. The molecule has 2 atom stereocenters. The molecule has 0 aliphatic carbocycles. The topological polar surface area (TPSA) is 67.9 Å². The van der Waals surface area contributed by atoms with Gasteiger partial charge in [0, 0.05) is 19.1 Å². The lowest BCUT2D eigenvalue weighted by Gasteiger charge is -2.27. The van der Waals surface area contributed by atoms with Crippen molar-refractivity contribution in [3.8, 4) is 0 Å². The van der Waals surface area contributed by atoms with E-state index in [4.69, 9.17) is 9.47 Å². The molecule has 0 aromatic rings. The fraction of sp³-hybridized carbons (Fsp3) is 0.882. The lowest BCUT2D eigenvalue weighted by atomic mass is 10.0. The molecule has 0 aromatic heterocycles. The Morgan fingerprint density at radius 2 is 1.83 bits per heavy atom. The van der Waals surface area contributed by atoms with Crippen molar-refractivity contribution >= 4 is 12.1 Å². The van der Waals surface area contributed by atoms with Crippen LogP contribution in [0.15, 0.2) is 0 Å². The Balaban J connectivity index is 2.58. The number of carbonyl (C=O) groups is 2. The molecule has 1 amide bonds. The van der Waals surface area contributed by atoms with Crippen LogP contribution < -0.4 is 5.32 Å². The van der Waals surface area contributed by atoms with Crippen molar-refractivity contribution in [1.82, 2.24) is 10.2 Å². The molecule has 1 heterocycles.